The molecule has 0 saturated carbocycles. The van der Waals surface area contributed by atoms with Gasteiger partial charge in [0.15, 0.2) is 5.69 Å². The molecule has 1 heterocycles. The van der Waals surface area contributed by atoms with Crippen molar-refractivity contribution in [1.29, 1.82) is 0 Å². The molecule has 3 rings (SSSR count). The van der Waals surface area contributed by atoms with Crippen LogP contribution in [0.3, 0.4) is 0 Å². The molecule has 0 spiro atoms. The minimum Gasteiger partial charge on any atom is -0.281 e. The second-order valence-electron chi connectivity index (χ2n) is 7.97. The predicted molar refractivity (Wildman–Crippen MR) is 113 cm³/mol. The standard InChI is InChI=1S/C21H25BrN4O/c1-21(2,3)15-9-10-18-17(12-15)19(25-24-18)20(27)26-23-13-16(22)11-14-7-5-4-6-8-14/h4-8,11,13,15H,9-10,12H2,1-3H3,(H,24,25)(H,26,27)/b16-11-,23-13+. The number of benzene rings is 1. The van der Waals surface area contributed by atoms with Crippen LogP contribution in [0.15, 0.2) is 39.9 Å². The molecule has 1 atom stereocenters. The van der Waals surface area contributed by atoms with Gasteiger partial charge in [-0.2, -0.15) is 10.2 Å². The molecule has 0 saturated heterocycles. The van der Waals surface area contributed by atoms with Crippen molar-refractivity contribution < 1.29 is 4.79 Å². The number of hydrogen-bond donors (Lipinski definition) is 2. The number of aromatic nitrogens is 2. The number of H-pyrrole nitrogens is 1. The van der Waals surface area contributed by atoms with Crippen LogP contribution < -0.4 is 5.43 Å². The van der Waals surface area contributed by atoms with Crippen molar-refractivity contribution in [3.63, 3.8) is 0 Å². The first kappa shape index (κ1) is 19.5. The van der Waals surface area contributed by atoms with Gasteiger partial charge in [-0.1, -0.05) is 51.1 Å². The number of carbonyl (C=O) groups excluding carboxylic acids is 1. The highest BCUT2D eigenvalue weighted by atomic mass is 79.9. The SMILES string of the molecule is CC(C)(C)C1CCc2[nH]nc(C(=O)N/N=C/C(Br)=C/c3ccccc3)c2C1. The van der Waals surface area contributed by atoms with Crippen molar-refractivity contribution in [2.24, 2.45) is 16.4 Å². The Morgan fingerprint density at radius 1 is 1.33 bits per heavy atom. The zero-order valence-corrected chi connectivity index (χ0v) is 17.5. The maximum Gasteiger partial charge on any atom is 0.292 e. The summed E-state index contributed by atoms with van der Waals surface area (Å²) in [5, 5.41) is 11.3. The van der Waals surface area contributed by atoms with Crippen molar-refractivity contribution in [1.82, 2.24) is 15.6 Å². The lowest BCUT2D eigenvalue weighted by Crippen LogP contribution is -2.28. The summed E-state index contributed by atoms with van der Waals surface area (Å²) >= 11 is 3.44. The van der Waals surface area contributed by atoms with E-state index in [0.29, 0.717) is 11.6 Å². The molecule has 1 aromatic heterocycles. The first-order valence-electron chi connectivity index (χ1n) is 9.16. The Kier molecular flexibility index (Phi) is 5.95. The van der Waals surface area contributed by atoms with Gasteiger partial charge in [0.2, 0.25) is 0 Å². The van der Waals surface area contributed by atoms with Crippen LogP contribution in [0.2, 0.25) is 0 Å². The van der Waals surface area contributed by atoms with Crippen LogP contribution in [0.4, 0.5) is 0 Å². The van der Waals surface area contributed by atoms with E-state index in [2.05, 4.69) is 57.4 Å². The molecule has 2 N–H and O–H groups in total. The number of aryl methyl sites for hydroxylation is 1. The second-order valence-corrected chi connectivity index (χ2v) is 8.89. The number of amides is 1. The van der Waals surface area contributed by atoms with Crippen LogP contribution in [-0.2, 0) is 12.8 Å². The zero-order chi connectivity index (χ0) is 19.4. The first-order chi connectivity index (χ1) is 12.8. The van der Waals surface area contributed by atoms with Gasteiger partial charge in [-0.05, 0) is 58.2 Å². The van der Waals surface area contributed by atoms with Crippen LogP contribution in [0.25, 0.3) is 6.08 Å². The average Bonchev–Trinajstić information content (AvgIpc) is 3.05. The predicted octanol–water partition coefficient (Wildman–Crippen LogP) is 4.71. The fourth-order valence-electron chi connectivity index (χ4n) is 3.37. The largest absolute Gasteiger partial charge is 0.292 e. The highest BCUT2D eigenvalue weighted by Gasteiger charge is 2.32. The summed E-state index contributed by atoms with van der Waals surface area (Å²) in [4.78, 5) is 12.5. The van der Waals surface area contributed by atoms with Gasteiger partial charge in [-0.25, -0.2) is 5.43 Å². The second kappa shape index (κ2) is 8.21. The maximum atomic E-state index is 12.5. The summed E-state index contributed by atoms with van der Waals surface area (Å²) in [6.07, 6.45) is 6.43. The molecule has 1 amide bonds. The van der Waals surface area contributed by atoms with Gasteiger partial charge in [-0.15, -0.1) is 0 Å². The molecule has 0 bridgehead atoms. The summed E-state index contributed by atoms with van der Waals surface area (Å²) in [5.41, 5.74) is 6.42. The fourth-order valence-corrected chi connectivity index (χ4v) is 3.74. The highest BCUT2D eigenvalue weighted by Crippen LogP contribution is 2.37. The highest BCUT2D eigenvalue weighted by molar-refractivity contribution is 9.12. The minimum atomic E-state index is -0.279. The molecule has 2 aromatic rings. The van der Waals surface area contributed by atoms with E-state index in [-0.39, 0.29) is 11.3 Å². The number of rotatable bonds is 4. The third kappa shape index (κ3) is 4.95. The Hall–Kier alpha value is -2.21. The zero-order valence-electron chi connectivity index (χ0n) is 15.9. The Labute approximate surface area is 168 Å². The number of allylic oxidation sites excluding steroid dienone is 1. The molecule has 0 aliphatic heterocycles. The van der Waals surface area contributed by atoms with E-state index < -0.39 is 0 Å². The van der Waals surface area contributed by atoms with Crippen molar-refractivity contribution in [3.8, 4) is 0 Å². The lowest BCUT2D eigenvalue weighted by molar-refractivity contribution is 0.0948. The third-order valence-electron chi connectivity index (χ3n) is 5.04. The van der Waals surface area contributed by atoms with Crippen LogP contribution in [0.1, 0.15) is 54.5 Å². The molecular weight excluding hydrogens is 404 g/mol. The van der Waals surface area contributed by atoms with Crippen molar-refractivity contribution in [2.75, 3.05) is 0 Å². The van der Waals surface area contributed by atoms with Crippen LogP contribution in [-0.4, -0.2) is 22.3 Å². The quantitative estimate of drug-likeness (QED) is 0.546. The van der Waals surface area contributed by atoms with Gasteiger partial charge < -0.3 is 0 Å². The Morgan fingerprint density at radius 3 is 2.78 bits per heavy atom. The van der Waals surface area contributed by atoms with E-state index in [1.165, 1.54) is 0 Å². The minimum absolute atomic E-state index is 0.216. The average molecular weight is 429 g/mol. The van der Waals surface area contributed by atoms with Gasteiger partial charge in [0, 0.05) is 15.7 Å². The number of halogens is 1. The molecule has 27 heavy (non-hydrogen) atoms. The number of hydrogen-bond acceptors (Lipinski definition) is 3. The van der Waals surface area contributed by atoms with E-state index in [4.69, 9.17) is 0 Å². The van der Waals surface area contributed by atoms with Crippen molar-refractivity contribution >= 4 is 34.1 Å². The molecule has 5 nitrogen and oxygen atoms in total. The molecule has 1 aliphatic rings. The Bertz CT molecular complexity index is 862. The lowest BCUT2D eigenvalue weighted by atomic mass is 9.71. The number of fused-ring (bicyclic) bond motifs is 1. The van der Waals surface area contributed by atoms with E-state index >= 15 is 0 Å². The smallest absolute Gasteiger partial charge is 0.281 e. The van der Waals surface area contributed by atoms with Gasteiger partial charge >= 0.3 is 0 Å². The van der Waals surface area contributed by atoms with Crippen LogP contribution in [0, 0.1) is 11.3 Å². The lowest BCUT2D eigenvalue weighted by Gasteiger charge is -2.33. The number of hydrazone groups is 1. The summed E-state index contributed by atoms with van der Waals surface area (Å²) in [5.74, 6) is 0.263. The summed E-state index contributed by atoms with van der Waals surface area (Å²) < 4.78 is 0.769. The number of nitrogens with one attached hydrogen (secondary N) is 2. The third-order valence-corrected chi connectivity index (χ3v) is 5.48. The van der Waals surface area contributed by atoms with E-state index in [1.54, 1.807) is 6.21 Å². The normalized spacial score (nSPS) is 17.8. The number of aromatic amines is 1. The van der Waals surface area contributed by atoms with Gasteiger partial charge in [0.1, 0.15) is 0 Å². The fraction of sp³-hybridized carbons (Fsp3) is 0.381. The van der Waals surface area contributed by atoms with Crippen molar-refractivity contribution in [2.45, 2.75) is 40.0 Å². The summed E-state index contributed by atoms with van der Waals surface area (Å²) in [6, 6.07) is 9.90. The summed E-state index contributed by atoms with van der Waals surface area (Å²) in [6.45, 7) is 6.76. The Balaban J connectivity index is 1.66. The molecule has 0 radical (unpaired) electrons. The molecule has 0 fully saturated rings. The van der Waals surface area contributed by atoms with Gasteiger partial charge in [-0.3, -0.25) is 9.89 Å². The van der Waals surface area contributed by atoms with Gasteiger partial charge in [0.25, 0.3) is 5.91 Å². The maximum absolute atomic E-state index is 12.5. The van der Waals surface area contributed by atoms with Crippen LogP contribution >= 0.6 is 15.9 Å². The van der Waals surface area contributed by atoms with Crippen LogP contribution in [0.5, 0.6) is 0 Å². The molecule has 1 aromatic carbocycles. The summed E-state index contributed by atoms with van der Waals surface area (Å²) in [7, 11) is 0. The monoisotopic (exact) mass is 428 g/mol. The molecular formula is C21H25BrN4O. The molecule has 1 unspecified atom stereocenters. The van der Waals surface area contributed by atoms with E-state index in [9.17, 15) is 4.79 Å². The molecule has 142 valence electrons. The van der Waals surface area contributed by atoms with E-state index in [0.717, 1.165) is 40.6 Å². The molecule has 1 aliphatic carbocycles. The molecule has 6 heteroatoms. The number of carbonyl (C=O) groups is 1. The van der Waals surface area contributed by atoms with E-state index in [1.807, 2.05) is 36.4 Å². The Morgan fingerprint density at radius 2 is 2.07 bits per heavy atom. The van der Waals surface area contributed by atoms with Gasteiger partial charge in [0.05, 0.1) is 6.21 Å². The van der Waals surface area contributed by atoms with Crippen molar-refractivity contribution in [3.05, 3.63) is 57.3 Å². The topological polar surface area (TPSA) is 70.1 Å². The number of nitrogens with zero attached hydrogens (tertiary/aromatic N) is 2. The first-order valence-corrected chi connectivity index (χ1v) is 9.95.